The molecule has 5 heteroatoms. The minimum atomic E-state index is 0.541. The van der Waals surface area contributed by atoms with Crippen LogP contribution in [-0.4, -0.2) is 5.11 Å². The number of hydrogen-bond donors (Lipinski definition) is 3. The molecule has 0 aliphatic rings. The fraction of sp³-hybridized carbons (Fsp3) is 0. The lowest BCUT2D eigenvalue weighted by molar-refractivity contribution is 1.15. The van der Waals surface area contributed by atoms with E-state index >= 15 is 0 Å². The molecule has 0 aliphatic carbocycles. The maximum atomic E-state index is 5.13. The van der Waals surface area contributed by atoms with E-state index in [1.807, 2.05) is 47.8 Å². The summed E-state index contributed by atoms with van der Waals surface area (Å²) in [4.78, 5) is 0. The second-order valence-electron chi connectivity index (χ2n) is 3.05. The van der Waals surface area contributed by atoms with Gasteiger partial charge in [-0.05, 0) is 41.9 Å². The minimum Gasteiger partial charge on any atom is -0.331 e. The van der Waals surface area contributed by atoms with Crippen molar-refractivity contribution < 1.29 is 0 Å². The van der Waals surface area contributed by atoms with E-state index in [2.05, 4.69) is 16.2 Å². The first kappa shape index (κ1) is 10.9. The van der Waals surface area contributed by atoms with Crippen molar-refractivity contribution in [3.63, 3.8) is 0 Å². The van der Waals surface area contributed by atoms with Gasteiger partial charge < -0.3 is 5.32 Å². The molecule has 0 saturated heterocycles. The molecule has 0 amide bonds. The molecule has 16 heavy (non-hydrogen) atoms. The molecule has 0 atom stereocenters. The number of hydrogen-bond acceptors (Lipinski definition) is 3. The summed E-state index contributed by atoms with van der Waals surface area (Å²) in [5, 5.41) is 6.63. The third-order valence-electron chi connectivity index (χ3n) is 1.85. The van der Waals surface area contributed by atoms with Crippen molar-refractivity contribution in [1.82, 2.24) is 5.43 Å². The van der Waals surface area contributed by atoms with Crippen molar-refractivity contribution in [2.45, 2.75) is 0 Å². The van der Waals surface area contributed by atoms with Gasteiger partial charge in [-0.15, -0.1) is 11.3 Å². The summed E-state index contributed by atoms with van der Waals surface area (Å²) in [5.74, 6) is 0. The number of benzene rings is 1. The van der Waals surface area contributed by atoms with E-state index in [9.17, 15) is 0 Å². The zero-order valence-corrected chi connectivity index (χ0v) is 10.1. The van der Waals surface area contributed by atoms with E-state index in [-0.39, 0.29) is 0 Å². The van der Waals surface area contributed by atoms with Crippen LogP contribution in [-0.2, 0) is 0 Å². The summed E-state index contributed by atoms with van der Waals surface area (Å²) in [5.41, 5.74) is 6.89. The Bertz CT molecular complexity index is 440. The third-order valence-corrected chi connectivity index (χ3v) is 2.84. The number of thiophene rings is 1. The van der Waals surface area contributed by atoms with Crippen LogP contribution in [0.2, 0.25) is 0 Å². The zero-order valence-electron chi connectivity index (χ0n) is 8.44. The van der Waals surface area contributed by atoms with Crippen LogP contribution in [0.25, 0.3) is 0 Å². The van der Waals surface area contributed by atoms with Crippen LogP contribution in [0.3, 0.4) is 0 Å². The second kappa shape index (κ2) is 5.48. The topological polar surface area (TPSA) is 36.1 Å². The van der Waals surface area contributed by atoms with E-state index in [1.165, 1.54) is 0 Å². The average molecular weight is 249 g/mol. The minimum absolute atomic E-state index is 0.541. The molecule has 3 N–H and O–H groups in total. The van der Waals surface area contributed by atoms with Crippen molar-refractivity contribution in [2.75, 3.05) is 10.7 Å². The predicted molar refractivity (Wildman–Crippen MR) is 73.7 cm³/mol. The van der Waals surface area contributed by atoms with Crippen LogP contribution in [0.1, 0.15) is 0 Å². The molecule has 82 valence electrons. The van der Waals surface area contributed by atoms with E-state index < -0.39 is 0 Å². The Labute approximate surface area is 103 Å². The highest BCUT2D eigenvalue weighted by Gasteiger charge is 1.96. The molecule has 1 aromatic heterocycles. The van der Waals surface area contributed by atoms with Gasteiger partial charge in [-0.25, -0.2) is 0 Å². The lowest BCUT2D eigenvalue weighted by Crippen LogP contribution is -2.32. The van der Waals surface area contributed by atoms with Crippen LogP contribution in [0.5, 0.6) is 0 Å². The van der Waals surface area contributed by atoms with Gasteiger partial charge >= 0.3 is 0 Å². The van der Waals surface area contributed by atoms with E-state index in [0.29, 0.717) is 5.11 Å². The summed E-state index contributed by atoms with van der Waals surface area (Å²) in [6, 6.07) is 13.7. The van der Waals surface area contributed by atoms with Gasteiger partial charge in [0.05, 0.1) is 0 Å². The molecular formula is C11H11N3S2. The molecule has 0 spiro atoms. The Balaban J connectivity index is 1.81. The second-order valence-corrected chi connectivity index (χ2v) is 4.40. The van der Waals surface area contributed by atoms with Crippen LogP contribution in [0.4, 0.5) is 10.7 Å². The number of nitrogens with one attached hydrogen (secondary N) is 3. The fourth-order valence-electron chi connectivity index (χ4n) is 1.15. The molecule has 0 radical (unpaired) electrons. The molecule has 2 aromatic rings. The molecule has 0 fully saturated rings. The summed E-state index contributed by atoms with van der Waals surface area (Å²) in [6.45, 7) is 0. The van der Waals surface area contributed by atoms with Gasteiger partial charge in [0.1, 0.15) is 5.00 Å². The zero-order chi connectivity index (χ0) is 11.2. The highest BCUT2D eigenvalue weighted by atomic mass is 32.1. The number of thiocarbonyl (C=S) groups is 1. The van der Waals surface area contributed by atoms with Gasteiger partial charge in [0.2, 0.25) is 0 Å². The van der Waals surface area contributed by atoms with Gasteiger partial charge in [-0.2, -0.15) is 0 Å². The molecule has 0 bridgehead atoms. The first-order chi connectivity index (χ1) is 7.84. The highest BCUT2D eigenvalue weighted by molar-refractivity contribution is 7.80. The lowest BCUT2D eigenvalue weighted by atomic mass is 10.3. The maximum Gasteiger partial charge on any atom is 0.189 e. The fourth-order valence-corrected chi connectivity index (χ4v) is 1.89. The van der Waals surface area contributed by atoms with Crippen LogP contribution in [0.15, 0.2) is 47.8 Å². The largest absolute Gasteiger partial charge is 0.331 e. The Morgan fingerprint density at radius 3 is 2.56 bits per heavy atom. The van der Waals surface area contributed by atoms with Gasteiger partial charge in [-0.3, -0.25) is 10.9 Å². The number of hydrazine groups is 1. The highest BCUT2D eigenvalue weighted by Crippen LogP contribution is 2.13. The summed E-state index contributed by atoms with van der Waals surface area (Å²) < 4.78 is 0. The molecule has 0 saturated carbocycles. The lowest BCUT2D eigenvalue weighted by Gasteiger charge is -2.10. The SMILES string of the molecule is S=C(NNc1cccs1)Nc1ccccc1. The number of para-hydroxylation sites is 1. The van der Waals surface area contributed by atoms with E-state index in [1.54, 1.807) is 11.3 Å². The maximum absolute atomic E-state index is 5.13. The van der Waals surface area contributed by atoms with Gasteiger partial charge in [-0.1, -0.05) is 18.2 Å². The Kier molecular flexibility index (Phi) is 3.74. The first-order valence-corrected chi connectivity index (χ1v) is 6.05. The smallest absolute Gasteiger partial charge is 0.189 e. The monoisotopic (exact) mass is 249 g/mol. The van der Waals surface area contributed by atoms with Crippen molar-refractivity contribution in [1.29, 1.82) is 0 Å². The Morgan fingerprint density at radius 1 is 1.06 bits per heavy atom. The quantitative estimate of drug-likeness (QED) is 0.577. The molecular weight excluding hydrogens is 238 g/mol. The van der Waals surface area contributed by atoms with E-state index in [0.717, 1.165) is 10.7 Å². The molecule has 1 aromatic carbocycles. The first-order valence-electron chi connectivity index (χ1n) is 4.76. The number of anilines is 2. The summed E-state index contributed by atoms with van der Waals surface area (Å²) in [7, 11) is 0. The van der Waals surface area contributed by atoms with E-state index in [4.69, 9.17) is 12.2 Å². The predicted octanol–water partition coefficient (Wildman–Crippen LogP) is 3.06. The molecule has 3 nitrogen and oxygen atoms in total. The summed E-state index contributed by atoms with van der Waals surface area (Å²) in [6.07, 6.45) is 0. The van der Waals surface area contributed by atoms with Gasteiger partial charge in [0.15, 0.2) is 5.11 Å². The van der Waals surface area contributed by atoms with Crippen molar-refractivity contribution in [3.05, 3.63) is 47.8 Å². The van der Waals surface area contributed by atoms with Crippen molar-refractivity contribution >= 4 is 39.4 Å². The summed E-state index contributed by atoms with van der Waals surface area (Å²) >= 11 is 6.74. The molecule has 0 unspecified atom stereocenters. The normalized spacial score (nSPS) is 9.50. The molecule has 0 aliphatic heterocycles. The van der Waals surface area contributed by atoms with Crippen LogP contribution in [0, 0.1) is 0 Å². The average Bonchev–Trinajstić information content (AvgIpc) is 2.81. The van der Waals surface area contributed by atoms with Crippen molar-refractivity contribution in [3.8, 4) is 0 Å². The molecule has 1 heterocycles. The third kappa shape index (κ3) is 3.22. The van der Waals surface area contributed by atoms with Crippen LogP contribution < -0.4 is 16.2 Å². The Hall–Kier alpha value is -1.59. The van der Waals surface area contributed by atoms with Crippen molar-refractivity contribution in [2.24, 2.45) is 0 Å². The van der Waals surface area contributed by atoms with Gasteiger partial charge in [0, 0.05) is 5.69 Å². The van der Waals surface area contributed by atoms with Crippen LogP contribution >= 0.6 is 23.6 Å². The molecule has 2 rings (SSSR count). The standard InChI is InChI=1S/C11H11N3S2/c15-11(12-9-5-2-1-3-6-9)14-13-10-7-4-8-16-10/h1-8,13H,(H2,12,14,15). The number of rotatable bonds is 3. The Morgan fingerprint density at radius 2 is 1.88 bits per heavy atom. The van der Waals surface area contributed by atoms with Gasteiger partial charge in [0.25, 0.3) is 0 Å².